The number of nitrogens with one attached hydrogen (secondary N) is 1. The van der Waals surface area contributed by atoms with Crippen LogP contribution in [-0.2, 0) is 9.53 Å². The number of aromatic nitrogens is 1. The second kappa shape index (κ2) is 7.92. The van der Waals surface area contributed by atoms with Crippen molar-refractivity contribution in [1.29, 1.82) is 0 Å². The average Bonchev–Trinajstić information content (AvgIpc) is 3.04. The minimum Gasteiger partial charge on any atom is -0.459 e. The van der Waals surface area contributed by atoms with Gasteiger partial charge in [0.15, 0.2) is 0 Å². The van der Waals surface area contributed by atoms with Gasteiger partial charge in [-0.3, -0.25) is 9.59 Å². The third kappa shape index (κ3) is 4.95. The summed E-state index contributed by atoms with van der Waals surface area (Å²) in [4.78, 5) is 31.1. The lowest BCUT2D eigenvalue weighted by Gasteiger charge is -2.27. The fraction of sp³-hybridized carbons (Fsp3) is 0.450. The van der Waals surface area contributed by atoms with Gasteiger partial charge in [-0.2, -0.15) is 0 Å². The van der Waals surface area contributed by atoms with Gasteiger partial charge in [0.1, 0.15) is 17.9 Å². The Balaban J connectivity index is 1.70. The van der Waals surface area contributed by atoms with E-state index in [2.05, 4.69) is 10.3 Å². The first-order chi connectivity index (χ1) is 12.8. The molecule has 2 heterocycles. The summed E-state index contributed by atoms with van der Waals surface area (Å²) in [5, 5.41) is 3.18. The Morgan fingerprint density at radius 3 is 2.63 bits per heavy atom. The number of esters is 1. The first-order valence-corrected chi connectivity index (χ1v) is 9.09. The molecule has 3 rings (SSSR count). The molecule has 1 aromatic carbocycles. The maximum Gasteiger partial charge on any atom is 0.325 e. The molecule has 7 heteroatoms. The molecule has 0 aliphatic carbocycles. The first kappa shape index (κ1) is 19.1. The lowest BCUT2D eigenvalue weighted by atomic mass is 10.1. The molecule has 1 aromatic heterocycles. The predicted octanol–water partition coefficient (Wildman–Crippen LogP) is 2.49. The Kier molecular flexibility index (Phi) is 5.60. The van der Waals surface area contributed by atoms with Crippen LogP contribution in [0.15, 0.2) is 41.1 Å². The predicted molar refractivity (Wildman–Crippen MR) is 100 cm³/mol. The number of nitrogens with zero attached hydrogens (tertiary/aromatic N) is 2. The Morgan fingerprint density at radius 2 is 2.00 bits per heavy atom. The van der Waals surface area contributed by atoms with E-state index in [1.54, 1.807) is 35.4 Å². The van der Waals surface area contributed by atoms with E-state index in [1.807, 2.05) is 20.8 Å². The fourth-order valence-corrected chi connectivity index (χ4v) is 2.94. The summed E-state index contributed by atoms with van der Waals surface area (Å²) in [5.74, 6) is 0.0746. The third-order valence-electron chi connectivity index (χ3n) is 4.19. The molecule has 0 bridgehead atoms. The molecule has 7 nitrogen and oxygen atoms in total. The lowest BCUT2D eigenvalue weighted by Crippen LogP contribution is -2.47. The highest BCUT2D eigenvalue weighted by atomic mass is 16.6. The third-order valence-corrected chi connectivity index (χ3v) is 4.19. The van der Waals surface area contributed by atoms with Gasteiger partial charge in [0.05, 0.1) is 6.20 Å². The highest BCUT2D eigenvalue weighted by molar-refractivity contribution is 5.95. The SMILES string of the molecule is CC(C)(C)OC(=O)C1CN(C(=O)c2ccc(-c3ncco3)cc2)CCCN1. The van der Waals surface area contributed by atoms with Crippen LogP contribution in [0.4, 0.5) is 0 Å². The Labute approximate surface area is 158 Å². The van der Waals surface area contributed by atoms with Gasteiger partial charge >= 0.3 is 5.97 Å². The monoisotopic (exact) mass is 371 g/mol. The normalized spacial score (nSPS) is 18.0. The van der Waals surface area contributed by atoms with Crippen molar-refractivity contribution in [3.8, 4) is 11.5 Å². The molecule has 0 saturated carbocycles. The first-order valence-electron chi connectivity index (χ1n) is 9.09. The number of oxazole rings is 1. The second-order valence-electron chi connectivity index (χ2n) is 7.56. The quantitative estimate of drug-likeness (QED) is 0.835. The van der Waals surface area contributed by atoms with E-state index >= 15 is 0 Å². The molecule has 1 atom stereocenters. The molecule has 0 radical (unpaired) electrons. The maximum absolute atomic E-state index is 12.9. The highest BCUT2D eigenvalue weighted by Crippen LogP contribution is 2.19. The van der Waals surface area contributed by atoms with E-state index in [0.717, 1.165) is 12.0 Å². The van der Waals surface area contributed by atoms with Crippen molar-refractivity contribution in [3.05, 3.63) is 42.3 Å². The van der Waals surface area contributed by atoms with Crippen molar-refractivity contribution in [1.82, 2.24) is 15.2 Å². The van der Waals surface area contributed by atoms with Crippen molar-refractivity contribution in [2.45, 2.75) is 38.8 Å². The zero-order chi connectivity index (χ0) is 19.4. The van der Waals surface area contributed by atoms with Crippen LogP contribution in [0.1, 0.15) is 37.6 Å². The molecule has 144 valence electrons. The Hall–Kier alpha value is -2.67. The van der Waals surface area contributed by atoms with Gasteiger partial charge in [0.25, 0.3) is 5.91 Å². The summed E-state index contributed by atoms with van der Waals surface area (Å²) in [6.07, 6.45) is 3.87. The van der Waals surface area contributed by atoms with Gasteiger partial charge in [-0.05, 0) is 58.0 Å². The van der Waals surface area contributed by atoms with Crippen molar-refractivity contribution in [2.24, 2.45) is 0 Å². The minimum absolute atomic E-state index is 0.105. The number of rotatable bonds is 3. The number of amides is 1. The molecule has 1 aliphatic rings. The van der Waals surface area contributed by atoms with Crippen LogP contribution in [0.5, 0.6) is 0 Å². The van der Waals surface area contributed by atoms with E-state index in [0.29, 0.717) is 24.5 Å². The molecule has 1 N–H and O–H groups in total. The molecular weight excluding hydrogens is 346 g/mol. The van der Waals surface area contributed by atoms with Crippen molar-refractivity contribution in [2.75, 3.05) is 19.6 Å². The van der Waals surface area contributed by atoms with E-state index in [4.69, 9.17) is 9.15 Å². The number of carbonyl (C=O) groups is 2. The van der Waals surface area contributed by atoms with Crippen LogP contribution in [0, 0.1) is 0 Å². The van der Waals surface area contributed by atoms with Crippen LogP contribution < -0.4 is 5.32 Å². The van der Waals surface area contributed by atoms with Crippen LogP contribution in [0.2, 0.25) is 0 Å². The van der Waals surface area contributed by atoms with Crippen molar-refractivity contribution >= 4 is 11.9 Å². The van der Waals surface area contributed by atoms with Gasteiger partial charge in [0.2, 0.25) is 5.89 Å². The summed E-state index contributed by atoms with van der Waals surface area (Å²) in [7, 11) is 0. The second-order valence-corrected chi connectivity index (χ2v) is 7.56. The standard InChI is InChI=1S/C20H25N3O4/c1-20(2,3)27-19(25)16-13-23(11-4-9-21-16)18(24)15-7-5-14(6-8-15)17-22-10-12-26-17/h5-8,10,12,16,21H,4,9,11,13H2,1-3H3. The Morgan fingerprint density at radius 1 is 1.26 bits per heavy atom. The van der Waals surface area contributed by atoms with Crippen molar-refractivity contribution in [3.63, 3.8) is 0 Å². The summed E-state index contributed by atoms with van der Waals surface area (Å²) in [5.41, 5.74) is 0.811. The number of carbonyl (C=O) groups excluding carboxylic acids is 2. The number of ether oxygens (including phenoxy) is 1. The van der Waals surface area contributed by atoms with Gasteiger partial charge < -0.3 is 19.4 Å². The summed E-state index contributed by atoms with van der Waals surface area (Å²) >= 11 is 0. The van der Waals surface area contributed by atoms with E-state index in [-0.39, 0.29) is 18.4 Å². The van der Waals surface area contributed by atoms with Gasteiger partial charge in [-0.25, -0.2) is 4.98 Å². The lowest BCUT2D eigenvalue weighted by molar-refractivity contribution is -0.157. The van der Waals surface area contributed by atoms with Gasteiger partial charge in [-0.1, -0.05) is 0 Å². The van der Waals surface area contributed by atoms with Gasteiger partial charge in [-0.15, -0.1) is 0 Å². The summed E-state index contributed by atoms with van der Waals surface area (Å²) in [6, 6.07) is 6.59. The average molecular weight is 371 g/mol. The van der Waals surface area contributed by atoms with Crippen LogP contribution in [0.3, 0.4) is 0 Å². The maximum atomic E-state index is 12.9. The van der Waals surface area contributed by atoms with E-state index < -0.39 is 11.6 Å². The molecule has 1 amide bonds. The Bertz CT molecular complexity index is 779. The zero-order valence-corrected chi connectivity index (χ0v) is 15.9. The van der Waals surface area contributed by atoms with Crippen LogP contribution in [0.25, 0.3) is 11.5 Å². The van der Waals surface area contributed by atoms with Crippen molar-refractivity contribution < 1.29 is 18.7 Å². The van der Waals surface area contributed by atoms with E-state index in [1.165, 1.54) is 6.26 Å². The van der Waals surface area contributed by atoms with Gasteiger partial charge in [0, 0.05) is 24.2 Å². The summed E-state index contributed by atoms with van der Waals surface area (Å²) < 4.78 is 10.7. The molecule has 1 aliphatic heterocycles. The highest BCUT2D eigenvalue weighted by Gasteiger charge is 2.30. The largest absolute Gasteiger partial charge is 0.459 e. The summed E-state index contributed by atoms with van der Waals surface area (Å²) in [6.45, 7) is 7.04. The fourth-order valence-electron chi connectivity index (χ4n) is 2.94. The van der Waals surface area contributed by atoms with Crippen LogP contribution in [-0.4, -0.2) is 53.0 Å². The number of benzene rings is 1. The molecule has 27 heavy (non-hydrogen) atoms. The topological polar surface area (TPSA) is 84.7 Å². The molecule has 1 saturated heterocycles. The molecule has 0 spiro atoms. The molecule has 2 aromatic rings. The number of hydrogen-bond acceptors (Lipinski definition) is 6. The van der Waals surface area contributed by atoms with Crippen LogP contribution >= 0.6 is 0 Å². The molecular formula is C20H25N3O4. The van der Waals surface area contributed by atoms with E-state index in [9.17, 15) is 9.59 Å². The molecule has 1 fully saturated rings. The minimum atomic E-state index is -0.560. The molecule has 1 unspecified atom stereocenters. The zero-order valence-electron chi connectivity index (χ0n) is 15.9. The number of hydrogen-bond donors (Lipinski definition) is 1. The smallest absolute Gasteiger partial charge is 0.325 e.